The second kappa shape index (κ2) is 4.75. The first-order valence-electron chi connectivity index (χ1n) is 5.78. The predicted molar refractivity (Wildman–Crippen MR) is 76.9 cm³/mol. The molecule has 0 amide bonds. The van der Waals surface area contributed by atoms with Crippen molar-refractivity contribution in [3.05, 3.63) is 59.1 Å². The van der Waals surface area contributed by atoms with Crippen LogP contribution in [0.5, 0.6) is 0 Å². The quantitative estimate of drug-likeness (QED) is 0.712. The maximum absolute atomic E-state index is 5.90. The highest BCUT2D eigenvalue weighted by Crippen LogP contribution is 2.30. The maximum atomic E-state index is 5.90. The molecule has 1 aliphatic heterocycles. The van der Waals surface area contributed by atoms with Crippen molar-refractivity contribution in [2.75, 3.05) is 0 Å². The van der Waals surface area contributed by atoms with Crippen molar-refractivity contribution >= 4 is 34.9 Å². The Balaban J connectivity index is 2.07. The molecule has 3 rings (SSSR count). The average Bonchev–Trinajstić information content (AvgIpc) is 2.61. The molecule has 0 spiro atoms. The summed E-state index contributed by atoms with van der Waals surface area (Å²) in [6, 6.07) is 15.6. The van der Waals surface area contributed by atoms with Gasteiger partial charge in [0, 0.05) is 17.7 Å². The zero-order valence-corrected chi connectivity index (χ0v) is 10.4. The van der Waals surface area contributed by atoms with Gasteiger partial charge in [-0.1, -0.05) is 35.9 Å². The normalized spacial score (nSPS) is 13.7. The van der Waals surface area contributed by atoms with Crippen LogP contribution >= 0.6 is 11.6 Å². The number of halogens is 1. The lowest BCUT2D eigenvalue weighted by Crippen LogP contribution is -2.00. The van der Waals surface area contributed by atoms with E-state index in [0.717, 1.165) is 34.1 Å². The van der Waals surface area contributed by atoms with Crippen LogP contribution < -0.4 is 0 Å². The summed E-state index contributed by atoms with van der Waals surface area (Å²) in [5.41, 5.74) is 3.93. The summed E-state index contributed by atoms with van der Waals surface area (Å²) in [6.07, 6.45) is 2.63. The molecule has 2 aromatic rings. The summed E-state index contributed by atoms with van der Waals surface area (Å²) in [6.45, 7) is 0. The van der Waals surface area contributed by atoms with Crippen LogP contribution in [0.3, 0.4) is 0 Å². The second-order valence-corrected chi connectivity index (χ2v) is 4.51. The minimum Gasteiger partial charge on any atom is -0.259 e. The molecule has 0 saturated carbocycles. The lowest BCUT2D eigenvalue weighted by atomic mass is 10.1. The number of benzene rings is 2. The highest BCUT2D eigenvalue weighted by atomic mass is 35.5. The third-order valence-electron chi connectivity index (χ3n) is 2.83. The fraction of sp³-hybridized carbons (Fsp3) is 0.0667. The zero-order chi connectivity index (χ0) is 12.4. The Labute approximate surface area is 111 Å². The number of aliphatic imine (C=N–C) groups is 2. The molecule has 0 saturated heterocycles. The van der Waals surface area contributed by atoms with Crippen molar-refractivity contribution in [2.45, 2.75) is 6.42 Å². The number of hydrogen-bond donors (Lipinski definition) is 0. The molecule has 0 aromatic heterocycles. The molecular weight excluding hydrogens is 244 g/mol. The third-order valence-corrected chi connectivity index (χ3v) is 3.08. The standard InChI is InChI=1S/C15H11ClN2/c16-12-7-5-11(6-8-12)13-9-10-17-14-3-1-2-4-15(14)18-13/h1-8,10H,9H2. The topological polar surface area (TPSA) is 24.7 Å². The highest BCUT2D eigenvalue weighted by Gasteiger charge is 2.08. The summed E-state index contributed by atoms with van der Waals surface area (Å²) in [5, 5.41) is 0.738. The van der Waals surface area contributed by atoms with Gasteiger partial charge < -0.3 is 0 Å². The summed E-state index contributed by atoms with van der Waals surface area (Å²) in [7, 11) is 0. The fourth-order valence-electron chi connectivity index (χ4n) is 1.91. The number of para-hydroxylation sites is 2. The largest absolute Gasteiger partial charge is 0.259 e. The van der Waals surface area contributed by atoms with Gasteiger partial charge in [-0.25, -0.2) is 0 Å². The van der Waals surface area contributed by atoms with Crippen LogP contribution in [0, 0.1) is 0 Å². The van der Waals surface area contributed by atoms with Gasteiger partial charge in [0.05, 0.1) is 17.1 Å². The van der Waals surface area contributed by atoms with E-state index in [2.05, 4.69) is 9.98 Å². The van der Waals surface area contributed by atoms with Crippen LogP contribution in [-0.4, -0.2) is 11.9 Å². The van der Waals surface area contributed by atoms with E-state index < -0.39 is 0 Å². The smallest absolute Gasteiger partial charge is 0.0889 e. The Kier molecular flexibility index (Phi) is 2.95. The number of nitrogens with zero attached hydrogens (tertiary/aromatic N) is 2. The van der Waals surface area contributed by atoms with Crippen molar-refractivity contribution < 1.29 is 0 Å². The SMILES string of the molecule is Clc1ccc(C2=Nc3ccccc3N=CC2)cc1. The van der Waals surface area contributed by atoms with E-state index in [1.54, 1.807) is 0 Å². The summed E-state index contributed by atoms with van der Waals surface area (Å²) in [5.74, 6) is 0. The van der Waals surface area contributed by atoms with E-state index in [0.29, 0.717) is 0 Å². The Morgan fingerprint density at radius 3 is 2.39 bits per heavy atom. The van der Waals surface area contributed by atoms with Gasteiger partial charge in [0.2, 0.25) is 0 Å². The second-order valence-electron chi connectivity index (χ2n) is 4.07. The first kappa shape index (κ1) is 11.2. The molecule has 0 radical (unpaired) electrons. The van der Waals surface area contributed by atoms with Crippen molar-refractivity contribution in [1.29, 1.82) is 0 Å². The lowest BCUT2D eigenvalue weighted by molar-refractivity contribution is 1.45. The molecule has 18 heavy (non-hydrogen) atoms. The Bertz CT molecular complexity index is 627. The van der Waals surface area contributed by atoms with Crippen molar-refractivity contribution in [1.82, 2.24) is 0 Å². The van der Waals surface area contributed by atoms with Gasteiger partial charge in [0.15, 0.2) is 0 Å². The van der Waals surface area contributed by atoms with E-state index in [1.165, 1.54) is 0 Å². The Hall–Kier alpha value is -1.93. The Morgan fingerprint density at radius 1 is 0.889 bits per heavy atom. The molecule has 2 nitrogen and oxygen atoms in total. The van der Waals surface area contributed by atoms with Gasteiger partial charge in [-0.3, -0.25) is 9.98 Å². The molecular formula is C15H11ClN2. The first-order valence-corrected chi connectivity index (χ1v) is 6.16. The van der Waals surface area contributed by atoms with Crippen LogP contribution in [0.4, 0.5) is 11.4 Å². The monoisotopic (exact) mass is 254 g/mol. The van der Waals surface area contributed by atoms with Crippen LogP contribution in [0.1, 0.15) is 12.0 Å². The van der Waals surface area contributed by atoms with Gasteiger partial charge in [-0.05, 0) is 29.8 Å². The minimum atomic E-state index is 0.732. The summed E-state index contributed by atoms with van der Waals surface area (Å²) < 4.78 is 0. The van der Waals surface area contributed by atoms with Crippen LogP contribution in [0.25, 0.3) is 0 Å². The minimum absolute atomic E-state index is 0.732. The molecule has 2 aromatic carbocycles. The molecule has 0 aliphatic carbocycles. The van der Waals surface area contributed by atoms with Crippen molar-refractivity contribution in [3.8, 4) is 0 Å². The van der Waals surface area contributed by atoms with Crippen LogP contribution in [-0.2, 0) is 0 Å². The van der Waals surface area contributed by atoms with Crippen molar-refractivity contribution in [3.63, 3.8) is 0 Å². The summed E-state index contributed by atoms with van der Waals surface area (Å²) >= 11 is 5.90. The molecule has 1 aliphatic rings. The van der Waals surface area contributed by atoms with Gasteiger partial charge in [0.25, 0.3) is 0 Å². The predicted octanol–water partition coefficient (Wildman–Crippen LogP) is 4.57. The van der Waals surface area contributed by atoms with Gasteiger partial charge in [0.1, 0.15) is 0 Å². The Morgan fingerprint density at radius 2 is 1.61 bits per heavy atom. The highest BCUT2D eigenvalue weighted by molar-refractivity contribution is 6.30. The number of fused-ring (bicyclic) bond motifs is 1. The lowest BCUT2D eigenvalue weighted by Gasteiger charge is -2.03. The maximum Gasteiger partial charge on any atom is 0.0889 e. The molecule has 0 unspecified atom stereocenters. The fourth-order valence-corrected chi connectivity index (χ4v) is 2.04. The molecule has 0 fully saturated rings. The van der Waals surface area contributed by atoms with E-state index in [4.69, 9.17) is 11.6 Å². The van der Waals surface area contributed by atoms with E-state index in [-0.39, 0.29) is 0 Å². The van der Waals surface area contributed by atoms with Gasteiger partial charge in [-0.2, -0.15) is 0 Å². The van der Waals surface area contributed by atoms with Gasteiger partial charge in [-0.15, -0.1) is 0 Å². The molecule has 0 N–H and O–H groups in total. The number of hydrogen-bond acceptors (Lipinski definition) is 2. The zero-order valence-electron chi connectivity index (χ0n) is 9.68. The number of rotatable bonds is 1. The molecule has 3 heteroatoms. The molecule has 1 heterocycles. The molecule has 0 atom stereocenters. The van der Waals surface area contributed by atoms with Crippen molar-refractivity contribution in [2.24, 2.45) is 9.98 Å². The molecule has 88 valence electrons. The molecule has 0 bridgehead atoms. The van der Waals surface area contributed by atoms with Gasteiger partial charge >= 0.3 is 0 Å². The van der Waals surface area contributed by atoms with E-state index >= 15 is 0 Å². The average molecular weight is 255 g/mol. The van der Waals surface area contributed by atoms with E-state index in [9.17, 15) is 0 Å². The van der Waals surface area contributed by atoms with Crippen LogP contribution in [0.2, 0.25) is 5.02 Å². The first-order chi connectivity index (χ1) is 8.83. The van der Waals surface area contributed by atoms with Crippen LogP contribution in [0.15, 0.2) is 58.5 Å². The third kappa shape index (κ3) is 2.20. The summed E-state index contributed by atoms with van der Waals surface area (Å²) in [4.78, 5) is 9.10. The van der Waals surface area contributed by atoms with E-state index in [1.807, 2.05) is 54.7 Å².